The van der Waals surface area contributed by atoms with Crippen molar-refractivity contribution >= 4 is 45.0 Å². The van der Waals surface area contributed by atoms with Gasteiger partial charge in [0.25, 0.3) is 0 Å². The molecule has 2 aromatic rings. The Kier molecular flexibility index (Phi) is 6.39. The molecule has 0 aliphatic carbocycles. The number of aryl methyl sites for hydroxylation is 1. The van der Waals surface area contributed by atoms with E-state index in [2.05, 4.69) is 39.1 Å². The van der Waals surface area contributed by atoms with E-state index in [9.17, 15) is 4.79 Å². The molecule has 6 heteroatoms. The molecule has 3 rings (SSSR count). The Morgan fingerprint density at radius 3 is 2.76 bits per heavy atom. The molecule has 1 fully saturated rings. The highest BCUT2D eigenvalue weighted by Gasteiger charge is 2.15. The minimum atomic E-state index is 0.00743. The van der Waals surface area contributed by atoms with Crippen molar-refractivity contribution in [1.82, 2.24) is 0 Å². The molecule has 4 nitrogen and oxygen atoms in total. The number of nitrogens with zero attached hydrogens (tertiary/aromatic N) is 1. The van der Waals surface area contributed by atoms with E-state index in [1.54, 1.807) is 11.8 Å². The van der Waals surface area contributed by atoms with Crippen LogP contribution < -0.4 is 10.2 Å². The molecule has 132 valence electrons. The summed E-state index contributed by atoms with van der Waals surface area (Å²) in [5, 5.41) is 3.06. The predicted octanol–water partition coefficient (Wildman–Crippen LogP) is 4.32. The number of ether oxygens (including phenoxy) is 1. The second-order valence-corrected chi connectivity index (χ2v) is 7.80. The van der Waals surface area contributed by atoms with Gasteiger partial charge in [0.05, 0.1) is 30.3 Å². The minimum Gasteiger partial charge on any atom is -0.378 e. The van der Waals surface area contributed by atoms with Gasteiger partial charge in [-0.15, -0.1) is 11.8 Å². The van der Waals surface area contributed by atoms with Gasteiger partial charge >= 0.3 is 0 Å². The molecule has 0 bridgehead atoms. The molecule has 25 heavy (non-hydrogen) atoms. The molecular formula is C19H21BrN2O2S. The van der Waals surface area contributed by atoms with Crippen LogP contribution >= 0.6 is 27.7 Å². The van der Waals surface area contributed by atoms with Crippen molar-refractivity contribution in [3.63, 3.8) is 0 Å². The first-order valence-corrected chi connectivity index (χ1v) is 10.0. The first-order valence-electron chi connectivity index (χ1n) is 8.24. The molecule has 0 unspecified atom stereocenters. The summed E-state index contributed by atoms with van der Waals surface area (Å²) in [6, 6.07) is 14.1. The molecule has 0 spiro atoms. The highest BCUT2D eigenvalue weighted by Crippen LogP contribution is 2.28. The van der Waals surface area contributed by atoms with Crippen LogP contribution in [0.25, 0.3) is 0 Å². The van der Waals surface area contributed by atoms with Crippen LogP contribution in [0.15, 0.2) is 51.8 Å². The predicted molar refractivity (Wildman–Crippen MR) is 108 cm³/mol. The topological polar surface area (TPSA) is 41.6 Å². The van der Waals surface area contributed by atoms with Crippen LogP contribution in [-0.4, -0.2) is 38.0 Å². The molecule has 1 aliphatic heterocycles. The van der Waals surface area contributed by atoms with Crippen LogP contribution in [0.2, 0.25) is 0 Å². The van der Waals surface area contributed by atoms with E-state index in [1.807, 2.05) is 36.4 Å². The van der Waals surface area contributed by atoms with Crippen LogP contribution in [0.5, 0.6) is 0 Å². The number of para-hydroxylation sites is 2. The normalized spacial score (nSPS) is 14.4. The Labute approximate surface area is 161 Å². The summed E-state index contributed by atoms with van der Waals surface area (Å²) in [4.78, 5) is 15.8. The number of hydrogen-bond acceptors (Lipinski definition) is 4. The number of anilines is 2. The average Bonchev–Trinajstić information content (AvgIpc) is 2.62. The van der Waals surface area contributed by atoms with Gasteiger partial charge in [-0.25, -0.2) is 0 Å². The maximum atomic E-state index is 12.4. The van der Waals surface area contributed by atoms with Crippen LogP contribution in [0.4, 0.5) is 11.4 Å². The summed E-state index contributed by atoms with van der Waals surface area (Å²) in [7, 11) is 0. The number of carbonyl (C=O) groups is 1. The fourth-order valence-corrected chi connectivity index (χ4v) is 4.05. The molecule has 2 aromatic carbocycles. The summed E-state index contributed by atoms with van der Waals surface area (Å²) < 4.78 is 6.47. The lowest BCUT2D eigenvalue weighted by Crippen LogP contribution is -2.36. The molecule has 0 aromatic heterocycles. The first-order chi connectivity index (χ1) is 12.1. The number of carbonyl (C=O) groups excluding carboxylic acids is 1. The number of amides is 1. The third-order valence-electron chi connectivity index (χ3n) is 4.03. The molecule has 1 N–H and O–H groups in total. The molecule has 1 aliphatic rings. The van der Waals surface area contributed by atoms with E-state index in [0.717, 1.165) is 47.0 Å². The third-order valence-corrected chi connectivity index (χ3v) is 5.69. The van der Waals surface area contributed by atoms with Crippen LogP contribution in [0.3, 0.4) is 0 Å². The zero-order valence-corrected chi connectivity index (χ0v) is 16.5. The molecule has 1 amide bonds. The lowest BCUT2D eigenvalue weighted by molar-refractivity contribution is -0.113. The second kappa shape index (κ2) is 8.74. The SMILES string of the molecule is Cc1cc(Br)ccc1SCC(=O)Nc1ccccc1N1CCOCC1. The smallest absolute Gasteiger partial charge is 0.234 e. The molecule has 0 atom stereocenters. The van der Waals surface area contributed by atoms with Gasteiger partial charge in [0, 0.05) is 22.5 Å². The monoisotopic (exact) mass is 420 g/mol. The van der Waals surface area contributed by atoms with E-state index >= 15 is 0 Å². The first kappa shape index (κ1) is 18.3. The van der Waals surface area contributed by atoms with Gasteiger partial charge in [-0.3, -0.25) is 4.79 Å². The Bertz CT molecular complexity index is 748. The Balaban J connectivity index is 1.63. The number of halogens is 1. The maximum absolute atomic E-state index is 12.4. The highest BCUT2D eigenvalue weighted by atomic mass is 79.9. The summed E-state index contributed by atoms with van der Waals surface area (Å²) >= 11 is 5.02. The number of hydrogen-bond donors (Lipinski definition) is 1. The standard InChI is InChI=1S/C19H21BrN2O2S/c1-14-12-15(20)6-7-18(14)25-13-19(23)21-16-4-2-3-5-17(16)22-8-10-24-11-9-22/h2-7,12H,8-11,13H2,1H3,(H,21,23). The van der Waals surface area contributed by atoms with Crippen molar-refractivity contribution in [2.75, 3.05) is 42.3 Å². The van der Waals surface area contributed by atoms with Gasteiger partial charge in [-0.1, -0.05) is 28.1 Å². The number of rotatable bonds is 5. The Hall–Kier alpha value is -1.50. The maximum Gasteiger partial charge on any atom is 0.234 e. The zero-order chi connectivity index (χ0) is 17.6. The number of morpholine rings is 1. The van der Waals surface area contributed by atoms with Gasteiger partial charge in [0.15, 0.2) is 0 Å². The second-order valence-electron chi connectivity index (χ2n) is 5.86. The van der Waals surface area contributed by atoms with Gasteiger partial charge in [0.2, 0.25) is 5.91 Å². The molecule has 1 saturated heterocycles. The van der Waals surface area contributed by atoms with Gasteiger partial charge in [0.1, 0.15) is 0 Å². The lowest BCUT2D eigenvalue weighted by Gasteiger charge is -2.30. The Morgan fingerprint density at radius 2 is 2.00 bits per heavy atom. The minimum absolute atomic E-state index is 0.00743. The van der Waals surface area contributed by atoms with Crippen molar-refractivity contribution in [3.05, 3.63) is 52.5 Å². The van der Waals surface area contributed by atoms with Gasteiger partial charge in [-0.2, -0.15) is 0 Å². The van der Waals surface area contributed by atoms with Crippen molar-refractivity contribution in [2.24, 2.45) is 0 Å². The average molecular weight is 421 g/mol. The van der Waals surface area contributed by atoms with Crippen molar-refractivity contribution in [2.45, 2.75) is 11.8 Å². The largest absolute Gasteiger partial charge is 0.378 e. The summed E-state index contributed by atoms with van der Waals surface area (Å²) in [6.07, 6.45) is 0. The number of nitrogens with one attached hydrogen (secondary N) is 1. The highest BCUT2D eigenvalue weighted by molar-refractivity contribution is 9.10. The summed E-state index contributed by atoms with van der Waals surface area (Å²) in [5.41, 5.74) is 3.09. The quantitative estimate of drug-likeness (QED) is 0.730. The zero-order valence-electron chi connectivity index (χ0n) is 14.1. The fraction of sp³-hybridized carbons (Fsp3) is 0.316. The van der Waals surface area contributed by atoms with Crippen molar-refractivity contribution in [1.29, 1.82) is 0 Å². The molecule has 0 radical (unpaired) electrons. The van der Waals surface area contributed by atoms with Crippen LogP contribution in [0.1, 0.15) is 5.56 Å². The van der Waals surface area contributed by atoms with Crippen molar-refractivity contribution < 1.29 is 9.53 Å². The number of benzene rings is 2. The lowest BCUT2D eigenvalue weighted by atomic mass is 10.2. The van der Waals surface area contributed by atoms with Gasteiger partial charge in [-0.05, 0) is 42.8 Å². The Morgan fingerprint density at radius 1 is 1.24 bits per heavy atom. The van der Waals surface area contributed by atoms with E-state index in [4.69, 9.17) is 4.74 Å². The van der Waals surface area contributed by atoms with E-state index < -0.39 is 0 Å². The molecule has 1 heterocycles. The van der Waals surface area contributed by atoms with Crippen LogP contribution in [-0.2, 0) is 9.53 Å². The van der Waals surface area contributed by atoms with Gasteiger partial charge < -0.3 is 15.0 Å². The van der Waals surface area contributed by atoms with E-state index in [0.29, 0.717) is 5.75 Å². The third kappa shape index (κ3) is 5.00. The van der Waals surface area contributed by atoms with Crippen LogP contribution in [0, 0.1) is 6.92 Å². The van der Waals surface area contributed by atoms with E-state index in [1.165, 1.54) is 5.56 Å². The molecule has 0 saturated carbocycles. The van der Waals surface area contributed by atoms with Crippen molar-refractivity contribution in [3.8, 4) is 0 Å². The summed E-state index contributed by atoms with van der Waals surface area (Å²) in [6.45, 7) is 5.19. The number of thioether (sulfide) groups is 1. The summed E-state index contributed by atoms with van der Waals surface area (Å²) in [5.74, 6) is 0.396. The fourth-order valence-electron chi connectivity index (χ4n) is 2.76. The van der Waals surface area contributed by atoms with E-state index in [-0.39, 0.29) is 5.91 Å². The molecular weight excluding hydrogens is 400 g/mol.